The predicted octanol–water partition coefficient (Wildman–Crippen LogP) is 0.514. The van der Waals surface area contributed by atoms with Crippen LogP contribution in [0.2, 0.25) is 0 Å². The molecule has 1 rings (SSSR count). The molecule has 1 aliphatic rings. The predicted molar refractivity (Wildman–Crippen MR) is 56.6 cm³/mol. The van der Waals surface area contributed by atoms with Crippen molar-refractivity contribution >= 4 is 5.91 Å². The first-order valence-electron chi connectivity index (χ1n) is 5.22. The zero-order chi connectivity index (χ0) is 10.4. The molecule has 1 atom stereocenters. The Morgan fingerprint density at radius 1 is 1.64 bits per heavy atom. The quantitative estimate of drug-likeness (QED) is 0.605. The molecule has 1 fully saturated rings. The lowest BCUT2D eigenvalue weighted by molar-refractivity contribution is -0.120. The maximum Gasteiger partial charge on any atom is 0.234 e. The highest BCUT2D eigenvalue weighted by molar-refractivity contribution is 5.78. The highest BCUT2D eigenvalue weighted by Crippen LogP contribution is 2.27. The number of terminal acetylenes is 1. The number of rotatable bonds is 6. The van der Waals surface area contributed by atoms with E-state index in [1.165, 1.54) is 12.8 Å². The summed E-state index contributed by atoms with van der Waals surface area (Å²) >= 11 is 0. The van der Waals surface area contributed by atoms with Gasteiger partial charge in [-0.05, 0) is 31.7 Å². The van der Waals surface area contributed by atoms with Gasteiger partial charge in [-0.1, -0.05) is 12.8 Å². The van der Waals surface area contributed by atoms with E-state index >= 15 is 0 Å². The highest BCUT2D eigenvalue weighted by atomic mass is 16.1. The molecule has 3 heteroatoms. The van der Waals surface area contributed by atoms with Crippen LogP contribution in [-0.4, -0.2) is 25.0 Å². The minimum absolute atomic E-state index is 0.00421. The molecule has 0 aromatic heterocycles. The second-order valence-electron chi connectivity index (χ2n) is 3.77. The monoisotopic (exact) mass is 194 g/mol. The number of amides is 1. The summed E-state index contributed by atoms with van der Waals surface area (Å²) in [6.45, 7) is 3.30. The van der Waals surface area contributed by atoms with Crippen LogP contribution < -0.4 is 10.6 Å². The fourth-order valence-electron chi connectivity index (χ4n) is 1.22. The molecule has 0 bridgehead atoms. The van der Waals surface area contributed by atoms with E-state index in [-0.39, 0.29) is 11.9 Å². The minimum atomic E-state index is -0.120. The third-order valence-electron chi connectivity index (χ3n) is 2.36. The zero-order valence-electron chi connectivity index (χ0n) is 8.68. The van der Waals surface area contributed by atoms with Crippen molar-refractivity contribution in [2.45, 2.75) is 32.2 Å². The molecule has 0 heterocycles. The fourth-order valence-corrected chi connectivity index (χ4v) is 1.22. The van der Waals surface area contributed by atoms with Gasteiger partial charge in [0.15, 0.2) is 0 Å². The summed E-state index contributed by atoms with van der Waals surface area (Å²) in [6.07, 6.45) is 8.62. The van der Waals surface area contributed by atoms with Gasteiger partial charge in [0.1, 0.15) is 0 Å². The number of hydrogen-bond acceptors (Lipinski definition) is 2. The molecular formula is C11H18N2O. The van der Waals surface area contributed by atoms with Crippen LogP contribution in [0.1, 0.15) is 26.2 Å². The Balaban J connectivity index is 2.05. The van der Waals surface area contributed by atoms with Gasteiger partial charge in [-0.3, -0.25) is 4.79 Å². The largest absolute Gasteiger partial charge is 0.341 e. The Labute approximate surface area is 85.6 Å². The van der Waals surface area contributed by atoms with Gasteiger partial charge in [-0.25, -0.2) is 0 Å². The topological polar surface area (TPSA) is 41.1 Å². The van der Waals surface area contributed by atoms with Crippen LogP contribution in [0.25, 0.3) is 0 Å². The molecule has 1 saturated carbocycles. The SMILES string of the molecule is C#CC(CC)NC(=O)CNCC1CC1. The lowest BCUT2D eigenvalue weighted by Crippen LogP contribution is -2.39. The Bertz CT molecular complexity index is 228. The molecule has 1 amide bonds. The second-order valence-corrected chi connectivity index (χ2v) is 3.77. The maximum atomic E-state index is 11.3. The van der Waals surface area contributed by atoms with Gasteiger partial charge >= 0.3 is 0 Å². The summed E-state index contributed by atoms with van der Waals surface area (Å²) in [5.41, 5.74) is 0. The summed E-state index contributed by atoms with van der Waals surface area (Å²) < 4.78 is 0. The number of carbonyl (C=O) groups is 1. The van der Waals surface area contributed by atoms with Gasteiger partial charge in [0, 0.05) is 0 Å². The van der Waals surface area contributed by atoms with Gasteiger partial charge < -0.3 is 10.6 Å². The summed E-state index contributed by atoms with van der Waals surface area (Å²) in [5, 5.41) is 5.89. The first kappa shape index (κ1) is 11.1. The van der Waals surface area contributed by atoms with Crippen molar-refractivity contribution < 1.29 is 4.79 Å². The van der Waals surface area contributed by atoms with Gasteiger partial charge in [-0.2, -0.15) is 0 Å². The van der Waals surface area contributed by atoms with Crippen molar-refractivity contribution in [2.24, 2.45) is 5.92 Å². The van der Waals surface area contributed by atoms with E-state index in [1.807, 2.05) is 6.92 Å². The summed E-state index contributed by atoms with van der Waals surface area (Å²) in [6, 6.07) is -0.120. The van der Waals surface area contributed by atoms with Crippen molar-refractivity contribution in [3.05, 3.63) is 0 Å². The van der Waals surface area contributed by atoms with E-state index in [9.17, 15) is 4.79 Å². The Morgan fingerprint density at radius 3 is 2.86 bits per heavy atom. The van der Waals surface area contributed by atoms with Gasteiger partial charge in [-0.15, -0.1) is 6.42 Å². The Kier molecular flexibility index (Phi) is 4.48. The van der Waals surface area contributed by atoms with Gasteiger partial charge in [0.05, 0.1) is 12.6 Å². The Morgan fingerprint density at radius 2 is 2.36 bits per heavy atom. The average Bonchev–Trinajstić information content (AvgIpc) is 2.98. The highest BCUT2D eigenvalue weighted by Gasteiger charge is 2.20. The van der Waals surface area contributed by atoms with Crippen LogP contribution in [0.15, 0.2) is 0 Å². The molecule has 1 unspecified atom stereocenters. The van der Waals surface area contributed by atoms with Crippen LogP contribution in [-0.2, 0) is 4.79 Å². The van der Waals surface area contributed by atoms with Crippen LogP contribution in [0.3, 0.4) is 0 Å². The molecule has 1 aliphatic carbocycles. The zero-order valence-corrected chi connectivity index (χ0v) is 8.68. The molecule has 0 aromatic carbocycles. The smallest absolute Gasteiger partial charge is 0.234 e. The third kappa shape index (κ3) is 4.29. The van der Waals surface area contributed by atoms with E-state index in [4.69, 9.17) is 6.42 Å². The Hall–Kier alpha value is -1.01. The van der Waals surface area contributed by atoms with E-state index < -0.39 is 0 Å². The lowest BCUT2D eigenvalue weighted by Gasteiger charge is -2.10. The van der Waals surface area contributed by atoms with Crippen molar-refractivity contribution in [2.75, 3.05) is 13.1 Å². The van der Waals surface area contributed by atoms with Gasteiger partial charge in [0.25, 0.3) is 0 Å². The normalized spacial score (nSPS) is 17.1. The summed E-state index contributed by atoms with van der Waals surface area (Å²) in [5.74, 6) is 3.33. The molecular weight excluding hydrogens is 176 g/mol. The standard InChI is InChI=1S/C11H18N2O/c1-3-10(4-2)13-11(14)8-12-7-9-5-6-9/h1,9-10,12H,4-8H2,2H3,(H,13,14). The van der Waals surface area contributed by atoms with Crippen molar-refractivity contribution in [1.29, 1.82) is 0 Å². The molecule has 0 aliphatic heterocycles. The lowest BCUT2D eigenvalue weighted by atomic mass is 10.2. The molecule has 0 aromatic rings. The van der Waals surface area contributed by atoms with Crippen LogP contribution in [0.4, 0.5) is 0 Å². The number of carbonyl (C=O) groups excluding carboxylic acids is 1. The first-order chi connectivity index (χ1) is 6.76. The molecule has 3 nitrogen and oxygen atoms in total. The molecule has 14 heavy (non-hydrogen) atoms. The third-order valence-corrected chi connectivity index (χ3v) is 2.36. The van der Waals surface area contributed by atoms with Gasteiger partial charge in [0.2, 0.25) is 5.91 Å². The van der Waals surface area contributed by atoms with Crippen LogP contribution >= 0.6 is 0 Å². The first-order valence-corrected chi connectivity index (χ1v) is 5.22. The van der Waals surface area contributed by atoms with E-state index in [1.54, 1.807) is 0 Å². The summed E-state index contributed by atoms with van der Waals surface area (Å²) in [7, 11) is 0. The van der Waals surface area contributed by atoms with E-state index in [0.717, 1.165) is 18.9 Å². The molecule has 2 N–H and O–H groups in total. The molecule has 0 radical (unpaired) electrons. The van der Waals surface area contributed by atoms with Crippen molar-refractivity contribution in [3.63, 3.8) is 0 Å². The number of hydrogen-bond donors (Lipinski definition) is 2. The minimum Gasteiger partial charge on any atom is -0.341 e. The maximum absolute atomic E-state index is 11.3. The van der Waals surface area contributed by atoms with Crippen molar-refractivity contribution in [3.8, 4) is 12.3 Å². The molecule has 0 spiro atoms. The number of nitrogens with one attached hydrogen (secondary N) is 2. The molecule has 78 valence electrons. The second kappa shape index (κ2) is 5.66. The van der Waals surface area contributed by atoms with E-state index in [2.05, 4.69) is 16.6 Å². The van der Waals surface area contributed by atoms with Crippen molar-refractivity contribution in [1.82, 2.24) is 10.6 Å². The van der Waals surface area contributed by atoms with E-state index in [0.29, 0.717) is 6.54 Å². The summed E-state index contributed by atoms with van der Waals surface area (Å²) in [4.78, 5) is 11.3. The molecule has 0 saturated heterocycles. The van der Waals surface area contributed by atoms with Crippen LogP contribution in [0.5, 0.6) is 0 Å². The van der Waals surface area contributed by atoms with Crippen LogP contribution in [0, 0.1) is 18.3 Å². The fraction of sp³-hybridized carbons (Fsp3) is 0.727. The average molecular weight is 194 g/mol.